The number of hydrogen-bond acceptors (Lipinski definition) is 3. The first-order valence-corrected chi connectivity index (χ1v) is 7.65. The van der Waals surface area contributed by atoms with Crippen LogP contribution in [0.1, 0.15) is 11.1 Å². The highest BCUT2D eigenvalue weighted by Gasteiger charge is 2.12. The molecule has 0 saturated carbocycles. The summed E-state index contributed by atoms with van der Waals surface area (Å²) in [6.45, 7) is 3.93. The molecule has 0 bridgehead atoms. The molecule has 0 radical (unpaired) electrons. The fraction of sp³-hybridized carbons (Fsp3) is 0.125. The van der Waals surface area contributed by atoms with Gasteiger partial charge in [0.15, 0.2) is 10.9 Å². The van der Waals surface area contributed by atoms with Gasteiger partial charge in [0.05, 0.1) is 4.70 Å². The molecule has 118 valence electrons. The maximum absolute atomic E-state index is 13.6. The maximum Gasteiger partial charge on any atom is 0.325 e. The van der Waals surface area contributed by atoms with Crippen molar-refractivity contribution >= 4 is 38.4 Å². The van der Waals surface area contributed by atoms with Gasteiger partial charge in [-0.3, -0.25) is 5.32 Å². The smallest absolute Gasteiger partial charge is 0.308 e. The number of aromatic nitrogens is 1. The lowest BCUT2D eigenvalue weighted by Gasteiger charge is -2.07. The van der Waals surface area contributed by atoms with E-state index in [1.165, 1.54) is 6.07 Å². The summed E-state index contributed by atoms with van der Waals surface area (Å²) in [4.78, 5) is 16.0. The van der Waals surface area contributed by atoms with Crippen molar-refractivity contribution in [1.82, 2.24) is 4.98 Å². The Morgan fingerprint density at radius 1 is 1.09 bits per heavy atom. The van der Waals surface area contributed by atoms with Crippen LogP contribution in [0.3, 0.4) is 0 Å². The van der Waals surface area contributed by atoms with Crippen molar-refractivity contribution in [2.45, 2.75) is 13.8 Å². The molecule has 0 saturated heterocycles. The lowest BCUT2D eigenvalue weighted by Crippen LogP contribution is -2.19. The number of thiazole rings is 1. The van der Waals surface area contributed by atoms with Crippen LogP contribution in [0.4, 0.5) is 24.4 Å². The van der Waals surface area contributed by atoms with E-state index in [2.05, 4.69) is 15.6 Å². The number of rotatable bonds is 2. The molecule has 0 unspecified atom stereocenters. The first-order valence-electron chi connectivity index (χ1n) is 6.83. The lowest BCUT2D eigenvalue weighted by atomic mass is 10.1. The van der Waals surface area contributed by atoms with Crippen molar-refractivity contribution in [1.29, 1.82) is 0 Å². The van der Waals surface area contributed by atoms with E-state index in [-0.39, 0.29) is 10.6 Å². The molecule has 0 aliphatic carbocycles. The number of carbonyl (C=O) groups excluding carboxylic acids is 1. The third-order valence-corrected chi connectivity index (χ3v) is 4.32. The molecular weight excluding hydrogens is 320 g/mol. The van der Waals surface area contributed by atoms with Crippen LogP contribution in [0, 0.1) is 25.5 Å². The molecule has 2 amide bonds. The normalized spacial score (nSPS) is 10.8. The van der Waals surface area contributed by atoms with Gasteiger partial charge in [0.1, 0.15) is 11.3 Å². The molecule has 2 aromatic carbocycles. The van der Waals surface area contributed by atoms with E-state index in [0.29, 0.717) is 10.4 Å². The van der Waals surface area contributed by atoms with Crippen LogP contribution in [0.25, 0.3) is 10.2 Å². The third kappa shape index (κ3) is 3.29. The van der Waals surface area contributed by atoms with Gasteiger partial charge in [0.2, 0.25) is 0 Å². The number of carbonyl (C=O) groups is 1. The Labute approximate surface area is 135 Å². The van der Waals surface area contributed by atoms with Crippen LogP contribution in [0.15, 0.2) is 30.3 Å². The molecule has 0 fully saturated rings. The Kier molecular flexibility index (Phi) is 3.96. The van der Waals surface area contributed by atoms with E-state index in [1.54, 1.807) is 6.07 Å². The average molecular weight is 333 g/mol. The SMILES string of the molecule is Cc1ccc(NC(=O)Nc2nc3c(F)cc(F)cc3s2)cc1C. The molecule has 0 aliphatic rings. The van der Waals surface area contributed by atoms with Gasteiger partial charge < -0.3 is 5.32 Å². The Hall–Kier alpha value is -2.54. The zero-order chi connectivity index (χ0) is 16.6. The van der Waals surface area contributed by atoms with E-state index in [9.17, 15) is 13.6 Å². The van der Waals surface area contributed by atoms with Crippen LogP contribution in [-0.4, -0.2) is 11.0 Å². The van der Waals surface area contributed by atoms with Crippen LogP contribution in [0.2, 0.25) is 0 Å². The number of urea groups is 1. The van der Waals surface area contributed by atoms with Gasteiger partial charge in [-0.25, -0.2) is 18.6 Å². The Bertz CT molecular complexity index is 908. The molecule has 23 heavy (non-hydrogen) atoms. The Morgan fingerprint density at radius 2 is 1.87 bits per heavy atom. The maximum atomic E-state index is 13.6. The minimum atomic E-state index is -0.751. The molecule has 1 aromatic heterocycles. The topological polar surface area (TPSA) is 54.0 Å². The number of amides is 2. The van der Waals surface area contributed by atoms with Gasteiger partial charge in [-0.05, 0) is 43.2 Å². The first-order chi connectivity index (χ1) is 10.9. The van der Waals surface area contributed by atoms with Crippen molar-refractivity contribution in [2.75, 3.05) is 10.6 Å². The zero-order valence-electron chi connectivity index (χ0n) is 12.4. The van der Waals surface area contributed by atoms with E-state index in [1.807, 2.05) is 26.0 Å². The summed E-state index contributed by atoms with van der Waals surface area (Å²) in [7, 11) is 0. The second-order valence-corrected chi connectivity index (χ2v) is 6.16. The molecule has 3 aromatic rings. The van der Waals surface area contributed by atoms with Crippen LogP contribution in [-0.2, 0) is 0 Å². The number of halogens is 2. The summed E-state index contributed by atoms with van der Waals surface area (Å²) in [5.74, 6) is -1.43. The third-order valence-electron chi connectivity index (χ3n) is 3.40. The number of fused-ring (bicyclic) bond motifs is 1. The highest BCUT2D eigenvalue weighted by Crippen LogP contribution is 2.28. The van der Waals surface area contributed by atoms with Gasteiger partial charge in [-0.15, -0.1) is 0 Å². The fourth-order valence-electron chi connectivity index (χ4n) is 2.09. The largest absolute Gasteiger partial charge is 0.325 e. The summed E-state index contributed by atoms with van der Waals surface area (Å²) in [6.07, 6.45) is 0. The summed E-state index contributed by atoms with van der Waals surface area (Å²) < 4.78 is 27.1. The highest BCUT2D eigenvalue weighted by atomic mass is 32.1. The zero-order valence-corrected chi connectivity index (χ0v) is 13.2. The van der Waals surface area contributed by atoms with E-state index < -0.39 is 17.7 Å². The van der Waals surface area contributed by atoms with E-state index in [4.69, 9.17) is 0 Å². The Morgan fingerprint density at radius 3 is 2.61 bits per heavy atom. The van der Waals surface area contributed by atoms with Crippen LogP contribution < -0.4 is 10.6 Å². The molecule has 0 aliphatic heterocycles. The van der Waals surface area contributed by atoms with Crippen LogP contribution >= 0.6 is 11.3 Å². The molecule has 0 spiro atoms. The number of nitrogens with one attached hydrogen (secondary N) is 2. The van der Waals surface area contributed by atoms with Crippen molar-refractivity contribution in [3.05, 3.63) is 53.1 Å². The first kappa shape index (κ1) is 15.4. The van der Waals surface area contributed by atoms with Crippen molar-refractivity contribution in [3.8, 4) is 0 Å². The number of benzene rings is 2. The molecule has 1 heterocycles. The van der Waals surface area contributed by atoms with Gasteiger partial charge in [0, 0.05) is 11.8 Å². The number of aryl methyl sites for hydroxylation is 2. The summed E-state index contributed by atoms with van der Waals surface area (Å²) in [5.41, 5.74) is 2.86. The van der Waals surface area contributed by atoms with Crippen molar-refractivity contribution in [2.24, 2.45) is 0 Å². The molecule has 3 rings (SSSR count). The van der Waals surface area contributed by atoms with Gasteiger partial charge in [-0.1, -0.05) is 17.4 Å². The average Bonchev–Trinajstić information content (AvgIpc) is 2.85. The lowest BCUT2D eigenvalue weighted by molar-refractivity contribution is 0.262. The summed E-state index contributed by atoms with van der Waals surface area (Å²) >= 11 is 1.01. The van der Waals surface area contributed by atoms with E-state index >= 15 is 0 Å². The molecule has 7 heteroatoms. The van der Waals surface area contributed by atoms with Crippen LogP contribution in [0.5, 0.6) is 0 Å². The monoisotopic (exact) mass is 333 g/mol. The van der Waals surface area contributed by atoms with Gasteiger partial charge >= 0.3 is 6.03 Å². The van der Waals surface area contributed by atoms with Crippen molar-refractivity contribution in [3.63, 3.8) is 0 Å². The fourth-order valence-corrected chi connectivity index (χ4v) is 2.99. The Balaban J connectivity index is 1.77. The number of anilines is 2. The minimum Gasteiger partial charge on any atom is -0.308 e. The second kappa shape index (κ2) is 5.92. The minimum absolute atomic E-state index is 0.0397. The van der Waals surface area contributed by atoms with E-state index in [0.717, 1.165) is 28.5 Å². The standard InChI is InChI=1S/C16H13F2N3OS/c1-8-3-4-11(5-9(8)2)19-15(22)21-16-20-14-12(18)6-10(17)7-13(14)23-16/h3-7H,1-2H3,(H2,19,20,21,22). The predicted octanol–water partition coefficient (Wildman–Crippen LogP) is 4.84. The molecular formula is C16H13F2N3OS. The summed E-state index contributed by atoms with van der Waals surface area (Å²) in [5, 5.41) is 5.41. The molecule has 2 N–H and O–H groups in total. The quantitative estimate of drug-likeness (QED) is 0.705. The highest BCUT2D eigenvalue weighted by molar-refractivity contribution is 7.22. The predicted molar refractivity (Wildman–Crippen MR) is 88.1 cm³/mol. The molecule has 4 nitrogen and oxygen atoms in total. The van der Waals surface area contributed by atoms with Crippen molar-refractivity contribution < 1.29 is 13.6 Å². The van der Waals surface area contributed by atoms with Gasteiger partial charge in [-0.2, -0.15) is 0 Å². The second-order valence-electron chi connectivity index (χ2n) is 5.13. The number of nitrogens with zero attached hydrogens (tertiary/aromatic N) is 1. The van der Waals surface area contributed by atoms with Gasteiger partial charge in [0.25, 0.3) is 0 Å². The number of hydrogen-bond donors (Lipinski definition) is 2. The summed E-state index contributed by atoms with van der Waals surface area (Å²) in [6, 6.07) is 7.00. The molecule has 0 atom stereocenters.